The number of hydrogen-bond donors (Lipinski definition) is 0. The van der Waals surface area contributed by atoms with Crippen molar-refractivity contribution in [2.75, 3.05) is 0 Å². The fourth-order valence-electron chi connectivity index (χ4n) is 1.87. The number of fused-ring (bicyclic) bond motifs is 1. The van der Waals surface area contributed by atoms with Crippen molar-refractivity contribution < 1.29 is 4.39 Å². The fraction of sp³-hybridized carbons (Fsp3) is 0.231. The summed E-state index contributed by atoms with van der Waals surface area (Å²) in [5, 5.41) is 1.76. The van der Waals surface area contributed by atoms with Crippen molar-refractivity contribution in [3.05, 3.63) is 47.3 Å². The molecule has 0 spiro atoms. The van der Waals surface area contributed by atoms with Crippen molar-refractivity contribution in [2.24, 2.45) is 0 Å². The van der Waals surface area contributed by atoms with E-state index in [-0.39, 0.29) is 5.82 Å². The van der Waals surface area contributed by atoms with Gasteiger partial charge in [0.1, 0.15) is 5.82 Å². The first-order chi connectivity index (χ1) is 6.72. The van der Waals surface area contributed by atoms with Crippen molar-refractivity contribution in [3.8, 4) is 0 Å². The maximum absolute atomic E-state index is 13.5. The van der Waals surface area contributed by atoms with Gasteiger partial charge in [0, 0.05) is 5.39 Å². The van der Waals surface area contributed by atoms with E-state index in [0.29, 0.717) is 0 Å². The van der Waals surface area contributed by atoms with Gasteiger partial charge in [-0.15, -0.1) is 0 Å². The Morgan fingerprint density at radius 3 is 2.71 bits per heavy atom. The van der Waals surface area contributed by atoms with Gasteiger partial charge in [-0.05, 0) is 35.9 Å². The molecule has 0 bridgehead atoms. The number of halogens is 1. The third-order valence-corrected chi connectivity index (χ3v) is 2.59. The van der Waals surface area contributed by atoms with E-state index in [1.807, 2.05) is 13.0 Å². The van der Waals surface area contributed by atoms with Crippen LogP contribution in [-0.4, -0.2) is 0 Å². The molecule has 0 amide bonds. The summed E-state index contributed by atoms with van der Waals surface area (Å²) in [6.07, 6.45) is 0.993. The monoisotopic (exact) mass is 188 g/mol. The van der Waals surface area contributed by atoms with Gasteiger partial charge >= 0.3 is 0 Å². The Bertz CT molecular complexity index is 472. The Kier molecular flexibility index (Phi) is 2.24. The third-order valence-electron chi connectivity index (χ3n) is 2.59. The molecule has 14 heavy (non-hydrogen) atoms. The molecule has 0 aliphatic rings. The lowest BCUT2D eigenvalue weighted by Crippen LogP contribution is -1.87. The van der Waals surface area contributed by atoms with Gasteiger partial charge in [-0.1, -0.05) is 31.2 Å². The largest absolute Gasteiger partial charge is 0.206 e. The average molecular weight is 188 g/mol. The molecule has 2 rings (SSSR count). The van der Waals surface area contributed by atoms with Gasteiger partial charge < -0.3 is 0 Å². The zero-order valence-corrected chi connectivity index (χ0v) is 8.47. The quantitative estimate of drug-likeness (QED) is 0.637. The van der Waals surface area contributed by atoms with E-state index >= 15 is 0 Å². The standard InChI is InChI=1S/C13H13F/c1-3-10-7-9(2)13-11(8-10)5-4-6-12(13)14/h4-8H,3H2,1-2H3. The van der Waals surface area contributed by atoms with Crippen LogP contribution in [-0.2, 0) is 6.42 Å². The molecule has 0 radical (unpaired) electrons. The summed E-state index contributed by atoms with van der Waals surface area (Å²) in [4.78, 5) is 0. The normalized spacial score (nSPS) is 10.8. The van der Waals surface area contributed by atoms with Gasteiger partial charge in [0.25, 0.3) is 0 Å². The van der Waals surface area contributed by atoms with Gasteiger partial charge in [-0.2, -0.15) is 0 Å². The van der Waals surface area contributed by atoms with Crippen LogP contribution in [0.15, 0.2) is 30.3 Å². The molecule has 0 aliphatic carbocycles. The number of benzene rings is 2. The lowest BCUT2D eigenvalue weighted by atomic mass is 10.0. The fourth-order valence-corrected chi connectivity index (χ4v) is 1.87. The SMILES string of the molecule is CCc1cc(C)c2c(F)cccc2c1. The molecule has 0 saturated heterocycles. The molecule has 0 aliphatic heterocycles. The van der Waals surface area contributed by atoms with Gasteiger partial charge in [0.2, 0.25) is 0 Å². The molecule has 2 aromatic rings. The zero-order valence-electron chi connectivity index (χ0n) is 8.47. The van der Waals surface area contributed by atoms with Crippen LogP contribution in [0.25, 0.3) is 10.8 Å². The molecule has 0 atom stereocenters. The van der Waals surface area contributed by atoms with E-state index in [9.17, 15) is 4.39 Å². The van der Waals surface area contributed by atoms with Crippen LogP contribution in [0.3, 0.4) is 0 Å². The molecule has 2 aromatic carbocycles. The highest BCUT2D eigenvalue weighted by Gasteiger charge is 2.04. The summed E-state index contributed by atoms with van der Waals surface area (Å²) in [5.41, 5.74) is 2.29. The minimum atomic E-state index is -0.123. The summed E-state index contributed by atoms with van der Waals surface area (Å²) in [6, 6.07) is 9.36. The number of rotatable bonds is 1. The third kappa shape index (κ3) is 1.39. The summed E-state index contributed by atoms with van der Waals surface area (Å²) in [5.74, 6) is -0.123. The lowest BCUT2D eigenvalue weighted by molar-refractivity contribution is 0.639. The molecule has 0 heterocycles. The van der Waals surface area contributed by atoms with Gasteiger partial charge in [0.05, 0.1) is 0 Å². The average Bonchev–Trinajstić information content (AvgIpc) is 2.17. The highest BCUT2D eigenvalue weighted by molar-refractivity contribution is 5.86. The van der Waals surface area contributed by atoms with Crippen molar-refractivity contribution in [3.63, 3.8) is 0 Å². The van der Waals surface area contributed by atoms with E-state index in [4.69, 9.17) is 0 Å². The van der Waals surface area contributed by atoms with Crippen molar-refractivity contribution in [1.29, 1.82) is 0 Å². The highest BCUT2D eigenvalue weighted by atomic mass is 19.1. The molecular formula is C13H13F. The van der Waals surface area contributed by atoms with E-state index in [2.05, 4.69) is 19.1 Å². The Morgan fingerprint density at radius 1 is 1.21 bits per heavy atom. The second-order valence-electron chi connectivity index (χ2n) is 3.60. The van der Waals surface area contributed by atoms with Crippen LogP contribution in [0.5, 0.6) is 0 Å². The minimum absolute atomic E-state index is 0.123. The van der Waals surface area contributed by atoms with Crippen molar-refractivity contribution in [2.45, 2.75) is 20.3 Å². The lowest BCUT2D eigenvalue weighted by Gasteiger charge is -2.06. The first-order valence-electron chi connectivity index (χ1n) is 4.90. The van der Waals surface area contributed by atoms with Crippen LogP contribution in [0.1, 0.15) is 18.1 Å². The van der Waals surface area contributed by atoms with Gasteiger partial charge in [-0.25, -0.2) is 4.39 Å². The second-order valence-corrected chi connectivity index (χ2v) is 3.60. The van der Waals surface area contributed by atoms with Crippen LogP contribution in [0, 0.1) is 12.7 Å². The second kappa shape index (κ2) is 3.41. The maximum Gasteiger partial charge on any atom is 0.131 e. The smallest absolute Gasteiger partial charge is 0.131 e. The maximum atomic E-state index is 13.5. The molecule has 0 nitrogen and oxygen atoms in total. The minimum Gasteiger partial charge on any atom is -0.206 e. The topological polar surface area (TPSA) is 0 Å². The van der Waals surface area contributed by atoms with Crippen LogP contribution >= 0.6 is 0 Å². The van der Waals surface area contributed by atoms with Gasteiger partial charge in [0.15, 0.2) is 0 Å². The van der Waals surface area contributed by atoms with Gasteiger partial charge in [-0.3, -0.25) is 0 Å². The molecule has 0 unspecified atom stereocenters. The summed E-state index contributed by atoms with van der Waals surface area (Å²) >= 11 is 0. The molecular weight excluding hydrogens is 175 g/mol. The molecule has 1 heteroatoms. The first kappa shape index (κ1) is 9.20. The molecule has 0 saturated carbocycles. The van der Waals surface area contributed by atoms with E-state index in [1.54, 1.807) is 6.07 Å². The summed E-state index contributed by atoms with van der Waals surface area (Å²) in [6.45, 7) is 4.07. The van der Waals surface area contributed by atoms with E-state index in [0.717, 1.165) is 22.8 Å². The highest BCUT2D eigenvalue weighted by Crippen LogP contribution is 2.23. The Morgan fingerprint density at radius 2 is 2.00 bits per heavy atom. The molecule has 0 N–H and O–H groups in total. The van der Waals surface area contributed by atoms with E-state index < -0.39 is 0 Å². The summed E-state index contributed by atoms with van der Waals surface area (Å²) < 4.78 is 13.5. The number of hydrogen-bond acceptors (Lipinski definition) is 0. The predicted molar refractivity (Wildman–Crippen MR) is 58.0 cm³/mol. The summed E-state index contributed by atoms with van der Waals surface area (Å²) in [7, 11) is 0. The van der Waals surface area contributed by atoms with Crippen LogP contribution in [0.4, 0.5) is 4.39 Å². The molecule has 0 fully saturated rings. The molecule has 0 aromatic heterocycles. The number of aryl methyl sites for hydroxylation is 2. The van der Waals surface area contributed by atoms with Crippen molar-refractivity contribution >= 4 is 10.8 Å². The molecule has 72 valence electrons. The van der Waals surface area contributed by atoms with Crippen molar-refractivity contribution in [1.82, 2.24) is 0 Å². The predicted octanol–water partition coefficient (Wildman–Crippen LogP) is 3.85. The first-order valence-corrected chi connectivity index (χ1v) is 4.90. The Balaban J connectivity index is 2.83. The van der Waals surface area contributed by atoms with Crippen LogP contribution < -0.4 is 0 Å². The Labute approximate surface area is 83.4 Å². The van der Waals surface area contributed by atoms with E-state index in [1.165, 1.54) is 11.6 Å². The Hall–Kier alpha value is -1.37. The van der Waals surface area contributed by atoms with Crippen LogP contribution in [0.2, 0.25) is 0 Å². The zero-order chi connectivity index (χ0) is 10.1.